The van der Waals surface area contributed by atoms with E-state index in [1.54, 1.807) is 6.07 Å². The average Bonchev–Trinajstić information content (AvgIpc) is 2.97. The minimum absolute atomic E-state index is 0.0430. The van der Waals surface area contributed by atoms with Crippen molar-refractivity contribution in [2.75, 3.05) is 0 Å². The van der Waals surface area contributed by atoms with Gasteiger partial charge in [-0.1, -0.05) is 43.3 Å². The lowest BCUT2D eigenvalue weighted by atomic mass is 10.0. The van der Waals surface area contributed by atoms with Gasteiger partial charge in [-0.25, -0.2) is 4.98 Å². The molecule has 1 aliphatic rings. The van der Waals surface area contributed by atoms with Gasteiger partial charge in [0.05, 0.1) is 23.3 Å². The quantitative estimate of drug-likeness (QED) is 0.789. The van der Waals surface area contributed by atoms with Gasteiger partial charge in [0.2, 0.25) is 5.91 Å². The third kappa shape index (κ3) is 3.01. The number of hydrogen-bond acceptors (Lipinski definition) is 3. The van der Waals surface area contributed by atoms with Crippen molar-refractivity contribution in [1.82, 2.24) is 14.9 Å². The van der Waals surface area contributed by atoms with Crippen LogP contribution in [0.15, 0.2) is 59.7 Å². The van der Waals surface area contributed by atoms with Crippen molar-refractivity contribution in [2.24, 2.45) is 5.92 Å². The van der Waals surface area contributed by atoms with E-state index in [2.05, 4.69) is 29.4 Å². The summed E-state index contributed by atoms with van der Waals surface area (Å²) in [5.41, 5.74) is 3.08. The van der Waals surface area contributed by atoms with Crippen LogP contribution in [0, 0.1) is 5.92 Å². The highest BCUT2D eigenvalue weighted by Crippen LogP contribution is 2.35. The van der Waals surface area contributed by atoms with E-state index in [1.807, 2.05) is 30.3 Å². The molecule has 1 aromatic heterocycles. The van der Waals surface area contributed by atoms with Crippen LogP contribution in [0.3, 0.4) is 0 Å². The number of para-hydroxylation sites is 1. The van der Waals surface area contributed by atoms with Crippen molar-refractivity contribution < 1.29 is 4.79 Å². The predicted molar refractivity (Wildman–Crippen MR) is 101 cm³/mol. The Hall–Kier alpha value is -2.95. The standard InChI is InChI=1S/C21H21N3O2/c1-14-12-15-6-2-3-7-16(15)20(14)23-19(25)10-11-24-13-22-18-9-5-4-8-17(18)21(24)26/h2-9,13-14,20H,10-12H2,1H3,(H,23,25)/t14-,20-/m1/s1. The summed E-state index contributed by atoms with van der Waals surface area (Å²) < 4.78 is 1.51. The minimum atomic E-state index is -0.108. The number of rotatable bonds is 4. The fraction of sp³-hybridized carbons (Fsp3) is 0.286. The molecule has 0 radical (unpaired) electrons. The van der Waals surface area contributed by atoms with Crippen molar-refractivity contribution in [3.63, 3.8) is 0 Å². The lowest BCUT2D eigenvalue weighted by molar-refractivity contribution is -0.122. The van der Waals surface area contributed by atoms with Gasteiger partial charge >= 0.3 is 0 Å². The number of nitrogens with zero attached hydrogens (tertiary/aromatic N) is 2. The minimum Gasteiger partial charge on any atom is -0.349 e. The Kier molecular flexibility index (Phi) is 4.29. The van der Waals surface area contributed by atoms with E-state index in [0.29, 0.717) is 23.4 Å². The summed E-state index contributed by atoms with van der Waals surface area (Å²) in [5, 5.41) is 3.71. The number of aromatic nitrogens is 2. The second kappa shape index (κ2) is 6.75. The first-order valence-electron chi connectivity index (χ1n) is 8.95. The van der Waals surface area contributed by atoms with Crippen LogP contribution in [-0.2, 0) is 17.8 Å². The second-order valence-corrected chi connectivity index (χ2v) is 6.94. The molecule has 0 fully saturated rings. The number of nitrogens with one attached hydrogen (secondary N) is 1. The molecule has 1 amide bonds. The number of hydrogen-bond donors (Lipinski definition) is 1. The Morgan fingerprint density at radius 3 is 2.85 bits per heavy atom. The van der Waals surface area contributed by atoms with E-state index in [9.17, 15) is 9.59 Å². The summed E-state index contributed by atoms with van der Waals surface area (Å²) in [6, 6.07) is 15.6. The molecule has 0 saturated carbocycles. The van der Waals surface area contributed by atoms with Gasteiger partial charge in [-0.3, -0.25) is 14.2 Å². The van der Waals surface area contributed by atoms with E-state index in [0.717, 1.165) is 6.42 Å². The molecule has 0 spiro atoms. The molecule has 2 aromatic carbocycles. The third-order valence-corrected chi connectivity index (χ3v) is 5.13. The molecule has 26 heavy (non-hydrogen) atoms. The number of benzene rings is 2. The van der Waals surface area contributed by atoms with Crippen LogP contribution < -0.4 is 10.9 Å². The van der Waals surface area contributed by atoms with Crippen LogP contribution >= 0.6 is 0 Å². The lowest BCUT2D eigenvalue weighted by Crippen LogP contribution is -2.32. The molecule has 0 bridgehead atoms. The molecule has 1 N–H and O–H groups in total. The van der Waals surface area contributed by atoms with Crippen LogP contribution in [0.1, 0.15) is 30.5 Å². The number of carbonyl (C=O) groups is 1. The van der Waals surface area contributed by atoms with Crippen molar-refractivity contribution >= 4 is 16.8 Å². The molecule has 3 aromatic rings. The van der Waals surface area contributed by atoms with Crippen LogP contribution in [-0.4, -0.2) is 15.5 Å². The first-order valence-corrected chi connectivity index (χ1v) is 8.95. The van der Waals surface area contributed by atoms with Gasteiger partial charge in [0.15, 0.2) is 0 Å². The topological polar surface area (TPSA) is 64.0 Å². The molecule has 132 valence electrons. The van der Waals surface area contributed by atoms with E-state index < -0.39 is 0 Å². The summed E-state index contributed by atoms with van der Waals surface area (Å²) in [6.07, 6.45) is 2.76. The first-order chi connectivity index (χ1) is 12.6. The SMILES string of the molecule is C[C@@H]1Cc2ccccc2[C@@H]1NC(=O)CCn1cnc2ccccc2c1=O. The molecule has 0 aliphatic heterocycles. The maximum absolute atomic E-state index is 12.5. The third-order valence-electron chi connectivity index (χ3n) is 5.13. The molecular weight excluding hydrogens is 326 g/mol. The molecule has 0 saturated heterocycles. The summed E-state index contributed by atoms with van der Waals surface area (Å²) in [4.78, 5) is 29.2. The normalized spacial score (nSPS) is 18.7. The molecule has 2 atom stereocenters. The molecule has 1 aliphatic carbocycles. The highest BCUT2D eigenvalue weighted by molar-refractivity contribution is 5.78. The Balaban J connectivity index is 1.45. The fourth-order valence-electron chi connectivity index (χ4n) is 3.75. The molecule has 4 rings (SSSR count). The number of fused-ring (bicyclic) bond motifs is 2. The van der Waals surface area contributed by atoms with Gasteiger partial charge in [0, 0.05) is 13.0 Å². The zero-order valence-electron chi connectivity index (χ0n) is 14.7. The summed E-state index contributed by atoms with van der Waals surface area (Å²) in [5.74, 6) is 0.333. The number of aryl methyl sites for hydroxylation is 1. The Labute approximate surface area is 151 Å². The lowest BCUT2D eigenvalue weighted by Gasteiger charge is -2.19. The van der Waals surface area contributed by atoms with Gasteiger partial charge in [0.25, 0.3) is 5.56 Å². The van der Waals surface area contributed by atoms with Crippen LogP contribution in [0.4, 0.5) is 0 Å². The van der Waals surface area contributed by atoms with Gasteiger partial charge in [-0.2, -0.15) is 0 Å². The van der Waals surface area contributed by atoms with Crippen LogP contribution in [0.5, 0.6) is 0 Å². The molecule has 5 heteroatoms. The van der Waals surface area contributed by atoms with Gasteiger partial charge in [-0.05, 0) is 35.6 Å². The summed E-state index contributed by atoms with van der Waals surface area (Å²) in [7, 11) is 0. The van der Waals surface area contributed by atoms with E-state index in [-0.39, 0.29) is 23.9 Å². The Morgan fingerprint density at radius 2 is 1.96 bits per heavy atom. The van der Waals surface area contributed by atoms with Crippen LogP contribution in [0.2, 0.25) is 0 Å². The maximum Gasteiger partial charge on any atom is 0.261 e. The molecular formula is C21H21N3O2. The second-order valence-electron chi connectivity index (χ2n) is 6.94. The van der Waals surface area contributed by atoms with E-state index in [4.69, 9.17) is 0 Å². The fourth-order valence-corrected chi connectivity index (χ4v) is 3.75. The van der Waals surface area contributed by atoms with E-state index in [1.165, 1.54) is 22.0 Å². The zero-order valence-corrected chi connectivity index (χ0v) is 14.7. The molecule has 0 unspecified atom stereocenters. The van der Waals surface area contributed by atoms with Gasteiger partial charge in [-0.15, -0.1) is 0 Å². The molecule has 5 nitrogen and oxygen atoms in total. The average molecular weight is 347 g/mol. The van der Waals surface area contributed by atoms with Crippen molar-refractivity contribution in [1.29, 1.82) is 0 Å². The smallest absolute Gasteiger partial charge is 0.261 e. The summed E-state index contributed by atoms with van der Waals surface area (Å²) >= 11 is 0. The van der Waals surface area contributed by atoms with Crippen molar-refractivity contribution in [2.45, 2.75) is 32.4 Å². The molecule has 1 heterocycles. The highest BCUT2D eigenvalue weighted by Gasteiger charge is 2.29. The first kappa shape index (κ1) is 16.5. The maximum atomic E-state index is 12.5. The van der Waals surface area contributed by atoms with Crippen LogP contribution in [0.25, 0.3) is 10.9 Å². The number of amides is 1. The predicted octanol–water partition coefficient (Wildman–Crippen LogP) is 2.84. The number of carbonyl (C=O) groups excluding carboxylic acids is 1. The van der Waals surface area contributed by atoms with Gasteiger partial charge < -0.3 is 5.32 Å². The van der Waals surface area contributed by atoms with Gasteiger partial charge in [0.1, 0.15) is 0 Å². The summed E-state index contributed by atoms with van der Waals surface area (Å²) in [6.45, 7) is 2.48. The Bertz CT molecular complexity index is 1020. The van der Waals surface area contributed by atoms with Crippen molar-refractivity contribution in [3.8, 4) is 0 Å². The van der Waals surface area contributed by atoms with E-state index >= 15 is 0 Å². The Morgan fingerprint density at radius 1 is 1.19 bits per heavy atom. The zero-order chi connectivity index (χ0) is 18.1. The highest BCUT2D eigenvalue weighted by atomic mass is 16.2. The van der Waals surface area contributed by atoms with Crippen molar-refractivity contribution in [3.05, 3.63) is 76.3 Å². The monoisotopic (exact) mass is 347 g/mol. The largest absolute Gasteiger partial charge is 0.349 e.